The van der Waals surface area contributed by atoms with E-state index in [2.05, 4.69) is 15.9 Å². The van der Waals surface area contributed by atoms with E-state index >= 15 is 0 Å². The lowest BCUT2D eigenvalue weighted by Crippen LogP contribution is -2.08. The Labute approximate surface area is 99.4 Å². The van der Waals surface area contributed by atoms with Gasteiger partial charge in [0.25, 0.3) is 0 Å². The third-order valence-electron chi connectivity index (χ3n) is 2.49. The van der Waals surface area contributed by atoms with Gasteiger partial charge in [-0.1, -0.05) is 15.9 Å². The van der Waals surface area contributed by atoms with E-state index < -0.39 is 0 Å². The Morgan fingerprint density at radius 2 is 2.07 bits per heavy atom. The van der Waals surface area contributed by atoms with Gasteiger partial charge in [-0.25, -0.2) is 0 Å². The van der Waals surface area contributed by atoms with Gasteiger partial charge in [-0.3, -0.25) is 0 Å². The van der Waals surface area contributed by atoms with Gasteiger partial charge < -0.3 is 9.84 Å². The fourth-order valence-electron chi connectivity index (χ4n) is 1.74. The fraction of sp³-hybridized carbons (Fsp3) is 0.500. The number of halogens is 1. The van der Waals surface area contributed by atoms with E-state index in [4.69, 9.17) is 4.74 Å². The summed E-state index contributed by atoms with van der Waals surface area (Å²) in [6.45, 7) is 5.83. The molecular weight excluding hydrogens is 256 g/mol. The number of aliphatic hydroxyl groups is 1. The van der Waals surface area contributed by atoms with Crippen molar-refractivity contribution in [1.82, 2.24) is 0 Å². The Bertz CT molecular complexity index is 359. The predicted octanol–water partition coefficient (Wildman–Crippen LogP) is 3.00. The van der Waals surface area contributed by atoms with E-state index in [0.717, 1.165) is 26.9 Å². The molecule has 15 heavy (non-hydrogen) atoms. The van der Waals surface area contributed by atoms with Gasteiger partial charge in [-0.2, -0.15) is 0 Å². The van der Waals surface area contributed by atoms with Crippen molar-refractivity contribution in [1.29, 1.82) is 0 Å². The molecule has 0 aliphatic heterocycles. The topological polar surface area (TPSA) is 29.5 Å². The van der Waals surface area contributed by atoms with Crippen LogP contribution in [0.25, 0.3) is 0 Å². The molecular formula is C12H17BrO2. The van der Waals surface area contributed by atoms with Gasteiger partial charge in [-0.05, 0) is 38.0 Å². The van der Waals surface area contributed by atoms with Gasteiger partial charge in [0.2, 0.25) is 0 Å². The van der Waals surface area contributed by atoms with Crippen LogP contribution in [0.15, 0.2) is 10.5 Å². The number of ether oxygens (including phenoxy) is 1. The second-order valence-corrected chi connectivity index (χ2v) is 4.72. The summed E-state index contributed by atoms with van der Waals surface area (Å²) in [5.74, 6) is 0.886. The Kier molecular flexibility index (Phi) is 4.17. The van der Waals surface area contributed by atoms with E-state index in [0.29, 0.717) is 6.42 Å². The molecule has 0 heterocycles. The molecule has 0 saturated heterocycles. The Balaban J connectivity index is 3.30. The maximum Gasteiger partial charge on any atom is 0.125 e. The Hall–Kier alpha value is -0.540. The quantitative estimate of drug-likeness (QED) is 0.917. The smallest absolute Gasteiger partial charge is 0.125 e. The number of methoxy groups -OCH3 is 1. The lowest BCUT2D eigenvalue weighted by atomic mass is 9.99. The first-order valence-corrected chi connectivity index (χ1v) is 5.77. The second-order valence-electron chi connectivity index (χ2n) is 3.87. The molecule has 1 unspecified atom stereocenters. The largest absolute Gasteiger partial charge is 0.496 e. The van der Waals surface area contributed by atoms with Gasteiger partial charge in [0.1, 0.15) is 5.75 Å². The molecule has 0 aliphatic carbocycles. The zero-order chi connectivity index (χ0) is 11.6. The predicted molar refractivity (Wildman–Crippen MR) is 65.6 cm³/mol. The molecule has 0 bridgehead atoms. The molecule has 1 aromatic carbocycles. The highest BCUT2D eigenvalue weighted by molar-refractivity contribution is 9.10. The van der Waals surface area contributed by atoms with Crippen LogP contribution in [0.1, 0.15) is 23.6 Å². The van der Waals surface area contributed by atoms with Crippen LogP contribution in [-0.4, -0.2) is 18.3 Å². The minimum atomic E-state index is -0.355. The zero-order valence-corrected chi connectivity index (χ0v) is 11.2. The van der Waals surface area contributed by atoms with Crippen molar-refractivity contribution in [2.75, 3.05) is 7.11 Å². The first kappa shape index (κ1) is 12.5. The van der Waals surface area contributed by atoms with Gasteiger partial charge >= 0.3 is 0 Å². The van der Waals surface area contributed by atoms with Crippen molar-refractivity contribution in [2.24, 2.45) is 0 Å². The zero-order valence-electron chi connectivity index (χ0n) is 9.60. The standard InChI is InChI=1S/C12H17BrO2/c1-7-5-11(13)9(3)10(6-8(2)14)12(7)15-4/h5,8,14H,6H2,1-4H3. The molecule has 1 rings (SSSR count). The number of rotatable bonds is 3. The summed E-state index contributed by atoms with van der Waals surface area (Å²) in [5.41, 5.74) is 3.31. The third kappa shape index (κ3) is 2.73. The van der Waals surface area contributed by atoms with Crippen molar-refractivity contribution < 1.29 is 9.84 Å². The minimum absolute atomic E-state index is 0.355. The maximum atomic E-state index is 9.46. The highest BCUT2D eigenvalue weighted by atomic mass is 79.9. The van der Waals surface area contributed by atoms with Crippen molar-refractivity contribution in [2.45, 2.75) is 33.3 Å². The van der Waals surface area contributed by atoms with Crippen LogP contribution in [0.4, 0.5) is 0 Å². The third-order valence-corrected chi connectivity index (χ3v) is 3.31. The van der Waals surface area contributed by atoms with E-state index in [1.54, 1.807) is 14.0 Å². The molecule has 0 saturated carbocycles. The highest BCUT2D eigenvalue weighted by Gasteiger charge is 2.14. The van der Waals surface area contributed by atoms with Gasteiger partial charge in [0.05, 0.1) is 13.2 Å². The van der Waals surface area contributed by atoms with Crippen LogP contribution in [0.3, 0.4) is 0 Å². The van der Waals surface area contributed by atoms with E-state index in [9.17, 15) is 5.11 Å². The molecule has 84 valence electrons. The molecule has 1 aromatic rings. The van der Waals surface area contributed by atoms with Crippen LogP contribution in [-0.2, 0) is 6.42 Å². The maximum absolute atomic E-state index is 9.46. The minimum Gasteiger partial charge on any atom is -0.496 e. The van der Waals surface area contributed by atoms with Crippen LogP contribution in [0, 0.1) is 13.8 Å². The second kappa shape index (κ2) is 4.99. The van der Waals surface area contributed by atoms with E-state index in [1.165, 1.54) is 0 Å². The number of hydrogen-bond acceptors (Lipinski definition) is 2. The summed E-state index contributed by atoms with van der Waals surface area (Å²) in [5, 5.41) is 9.46. The first-order valence-electron chi connectivity index (χ1n) is 4.98. The van der Waals surface area contributed by atoms with Crippen molar-refractivity contribution in [3.05, 3.63) is 27.2 Å². The Morgan fingerprint density at radius 3 is 2.53 bits per heavy atom. The first-order chi connectivity index (χ1) is 6.97. The number of aliphatic hydroxyl groups excluding tert-OH is 1. The van der Waals surface area contributed by atoms with Crippen LogP contribution >= 0.6 is 15.9 Å². The van der Waals surface area contributed by atoms with Crippen LogP contribution < -0.4 is 4.74 Å². The normalized spacial score (nSPS) is 12.7. The van der Waals surface area contributed by atoms with Gasteiger partial charge in [0.15, 0.2) is 0 Å². The average molecular weight is 273 g/mol. The van der Waals surface area contributed by atoms with E-state index in [1.807, 2.05) is 19.9 Å². The lowest BCUT2D eigenvalue weighted by molar-refractivity contribution is 0.194. The molecule has 0 spiro atoms. The van der Waals surface area contributed by atoms with Gasteiger partial charge in [-0.15, -0.1) is 0 Å². The molecule has 0 aromatic heterocycles. The lowest BCUT2D eigenvalue weighted by Gasteiger charge is -2.17. The molecule has 0 radical (unpaired) electrons. The molecule has 0 aliphatic rings. The van der Waals surface area contributed by atoms with E-state index in [-0.39, 0.29) is 6.10 Å². The Morgan fingerprint density at radius 1 is 1.47 bits per heavy atom. The summed E-state index contributed by atoms with van der Waals surface area (Å²) in [6, 6.07) is 2.04. The average Bonchev–Trinajstić information content (AvgIpc) is 2.13. The molecule has 0 fully saturated rings. The number of hydrogen-bond donors (Lipinski definition) is 1. The summed E-state index contributed by atoms with van der Waals surface area (Å²) < 4.78 is 6.45. The summed E-state index contributed by atoms with van der Waals surface area (Å²) in [4.78, 5) is 0. The molecule has 1 N–H and O–H groups in total. The van der Waals surface area contributed by atoms with Crippen LogP contribution in [0.2, 0.25) is 0 Å². The molecule has 1 atom stereocenters. The fourth-order valence-corrected chi connectivity index (χ4v) is 2.32. The number of benzene rings is 1. The highest BCUT2D eigenvalue weighted by Crippen LogP contribution is 2.32. The summed E-state index contributed by atoms with van der Waals surface area (Å²) in [7, 11) is 1.67. The molecule has 0 amide bonds. The number of aryl methyl sites for hydroxylation is 1. The summed E-state index contributed by atoms with van der Waals surface area (Å²) >= 11 is 3.51. The molecule has 3 heteroatoms. The SMILES string of the molecule is COc1c(C)cc(Br)c(C)c1CC(C)O. The molecule has 2 nitrogen and oxygen atoms in total. The summed E-state index contributed by atoms with van der Waals surface area (Å²) in [6.07, 6.45) is 0.265. The monoisotopic (exact) mass is 272 g/mol. The van der Waals surface area contributed by atoms with Crippen molar-refractivity contribution >= 4 is 15.9 Å². The van der Waals surface area contributed by atoms with Gasteiger partial charge in [0, 0.05) is 16.5 Å². The van der Waals surface area contributed by atoms with Crippen LogP contribution in [0.5, 0.6) is 5.75 Å². The van der Waals surface area contributed by atoms with Crippen molar-refractivity contribution in [3.8, 4) is 5.75 Å². The van der Waals surface area contributed by atoms with Crippen molar-refractivity contribution in [3.63, 3.8) is 0 Å².